The lowest BCUT2D eigenvalue weighted by molar-refractivity contribution is -0.141. The summed E-state index contributed by atoms with van der Waals surface area (Å²) in [6, 6.07) is 13.1. The third-order valence-electron chi connectivity index (χ3n) is 4.30. The van der Waals surface area contributed by atoms with Crippen LogP contribution < -0.4 is 21.1 Å². The van der Waals surface area contributed by atoms with Crippen LogP contribution in [0.4, 0.5) is 4.79 Å². The Morgan fingerprint density at radius 2 is 1.62 bits per heavy atom. The molecule has 0 radical (unpaired) electrons. The van der Waals surface area contributed by atoms with Crippen molar-refractivity contribution >= 4 is 23.9 Å². The fraction of sp³-hybridized carbons (Fsp3) is 0.273. The molecule has 5 N–H and O–H groups in total. The molecule has 0 saturated carbocycles. The van der Waals surface area contributed by atoms with Crippen LogP contribution in [0, 0.1) is 0 Å². The third-order valence-corrected chi connectivity index (χ3v) is 4.30. The molecule has 0 aliphatic carbocycles. The standard InChI is InChI=1S/C22H25N3O7/c1-14(24-22(30)31-13-16-5-3-2-4-6-16)21(29)32-17-9-7-15(8-10-17)11-18(20(27)28)25-19(26)12-23/h2-10,14,18H,11-13,23H2,1H3,(H,24,30)(H,25,26)(H,27,28)/t14-,18-/m0/s1. The molecule has 2 rings (SSSR count). The number of rotatable bonds is 10. The van der Waals surface area contributed by atoms with Gasteiger partial charge >= 0.3 is 18.0 Å². The van der Waals surface area contributed by atoms with Crippen molar-refractivity contribution in [3.05, 3.63) is 65.7 Å². The van der Waals surface area contributed by atoms with Crippen molar-refractivity contribution in [1.82, 2.24) is 10.6 Å². The van der Waals surface area contributed by atoms with Crippen LogP contribution in [-0.2, 0) is 32.1 Å². The highest BCUT2D eigenvalue weighted by Gasteiger charge is 2.21. The number of carbonyl (C=O) groups excluding carboxylic acids is 3. The van der Waals surface area contributed by atoms with Crippen LogP contribution in [0.5, 0.6) is 5.75 Å². The zero-order valence-electron chi connectivity index (χ0n) is 17.4. The van der Waals surface area contributed by atoms with E-state index in [9.17, 15) is 24.3 Å². The van der Waals surface area contributed by atoms with E-state index in [1.54, 1.807) is 24.3 Å². The number of hydrogen-bond donors (Lipinski definition) is 4. The molecule has 32 heavy (non-hydrogen) atoms. The Bertz CT molecular complexity index is 932. The number of aliphatic carboxylic acids is 1. The Morgan fingerprint density at radius 1 is 0.969 bits per heavy atom. The Morgan fingerprint density at radius 3 is 2.22 bits per heavy atom. The van der Waals surface area contributed by atoms with E-state index in [0.717, 1.165) is 5.56 Å². The van der Waals surface area contributed by atoms with E-state index < -0.39 is 36.0 Å². The molecule has 0 aliphatic heterocycles. The molecule has 0 fully saturated rings. The molecule has 0 heterocycles. The average molecular weight is 443 g/mol. The number of amides is 2. The Balaban J connectivity index is 1.83. The first-order valence-corrected chi connectivity index (χ1v) is 9.78. The summed E-state index contributed by atoms with van der Waals surface area (Å²) in [5.74, 6) is -2.26. The number of benzene rings is 2. The minimum atomic E-state index is -1.19. The first-order valence-electron chi connectivity index (χ1n) is 9.78. The van der Waals surface area contributed by atoms with Crippen LogP contribution in [0.15, 0.2) is 54.6 Å². The Labute approximate surface area is 184 Å². The van der Waals surface area contributed by atoms with Crippen LogP contribution in [0.3, 0.4) is 0 Å². The first kappa shape index (κ1) is 24.4. The predicted octanol–water partition coefficient (Wildman–Crippen LogP) is 0.978. The molecule has 0 saturated heterocycles. The van der Waals surface area contributed by atoms with Crippen LogP contribution in [0.25, 0.3) is 0 Å². The average Bonchev–Trinajstić information content (AvgIpc) is 2.78. The maximum Gasteiger partial charge on any atom is 0.408 e. The summed E-state index contributed by atoms with van der Waals surface area (Å²) >= 11 is 0. The fourth-order valence-corrected chi connectivity index (χ4v) is 2.59. The van der Waals surface area contributed by atoms with Crippen molar-refractivity contribution in [1.29, 1.82) is 0 Å². The lowest BCUT2D eigenvalue weighted by Gasteiger charge is -2.15. The van der Waals surface area contributed by atoms with Gasteiger partial charge in [0.2, 0.25) is 5.91 Å². The molecule has 2 amide bonds. The second-order valence-electron chi connectivity index (χ2n) is 6.86. The smallest absolute Gasteiger partial charge is 0.408 e. The number of nitrogens with one attached hydrogen (secondary N) is 2. The zero-order valence-corrected chi connectivity index (χ0v) is 17.4. The monoisotopic (exact) mass is 443 g/mol. The van der Waals surface area contributed by atoms with Crippen molar-refractivity contribution in [2.24, 2.45) is 5.73 Å². The minimum absolute atomic E-state index is 0.0283. The number of ether oxygens (including phenoxy) is 2. The molecular formula is C22H25N3O7. The van der Waals surface area contributed by atoms with E-state index in [0.29, 0.717) is 5.56 Å². The summed E-state index contributed by atoms with van der Waals surface area (Å²) in [6.45, 7) is 1.21. The van der Waals surface area contributed by atoms with Gasteiger partial charge in [-0.25, -0.2) is 14.4 Å². The molecular weight excluding hydrogens is 418 g/mol. The number of carboxylic acids is 1. The summed E-state index contributed by atoms with van der Waals surface area (Å²) in [4.78, 5) is 46.7. The van der Waals surface area contributed by atoms with E-state index in [1.807, 2.05) is 18.2 Å². The van der Waals surface area contributed by atoms with E-state index >= 15 is 0 Å². The van der Waals surface area contributed by atoms with Crippen molar-refractivity contribution in [3.63, 3.8) is 0 Å². The SMILES string of the molecule is C[C@H](NC(=O)OCc1ccccc1)C(=O)Oc1ccc(C[C@H](NC(=O)CN)C(=O)O)cc1. The molecule has 10 heteroatoms. The molecule has 10 nitrogen and oxygen atoms in total. The van der Waals surface area contributed by atoms with Crippen molar-refractivity contribution in [2.45, 2.75) is 32.0 Å². The number of alkyl carbamates (subject to hydrolysis) is 1. The molecule has 0 aromatic heterocycles. The molecule has 0 spiro atoms. The second kappa shape index (κ2) is 12.1. The van der Waals surface area contributed by atoms with Crippen LogP contribution in [0.2, 0.25) is 0 Å². The van der Waals surface area contributed by atoms with Crippen molar-refractivity contribution in [2.75, 3.05) is 6.54 Å². The van der Waals surface area contributed by atoms with Gasteiger partial charge in [0.15, 0.2) is 0 Å². The summed E-state index contributed by atoms with van der Waals surface area (Å²) < 4.78 is 10.3. The quantitative estimate of drug-likeness (QED) is 0.313. The number of carbonyl (C=O) groups is 4. The molecule has 170 valence electrons. The molecule has 0 aliphatic rings. The summed E-state index contributed by atoms with van der Waals surface area (Å²) in [5.41, 5.74) is 6.60. The van der Waals surface area contributed by atoms with E-state index in [1.165, 1.54) is 19.1 Å². The van der Waals surface area contributed by atoms with Gasteiger partial charge < -0.3 is 30.9 Å². The van der Waals surface area contributed by atoms with Crippen LogP contribution in [0.1, 0.15) is 18.1 Å². The fourth-order valence-electron chi connectivity index (χ4n) is 2.59. The van der Waals surface area contributed by atoms with E-state index in [2.05, 4.69) is 10.6 Å². The van der Waals surface area contributed by atoms with Crippen molar-refractivity contribution < 1.29 is 33.8 Å². The van der Waals surface area contributed by atoms with E-state index in [4.69, 9.17) is 15.2 Å². The lowest BCUT2D eigenvalue weighted by Crippen LogP contribution is -2.44. The van der Waals surface area contributed by atoms with Crippen molar-refractivity contribution in [3.8, 4) is 5.75 Å². The third kappa shape index (κ3) is 8.07. The second-order valence-corrected chi connectivity index (χ2v) is 6.86. The zero-order chi connectivity index (χ0) is 23.5. The predicted molar refractivity (Wildman–Crippen MR) is 114 cm³/mol. The van der Waals surface area contributed by atoms with Gasteiger partial charge in [-0.2, -0.15) is 0 Å². The van der Waals surface area contributed by atoms with Crippen LogP contribution >= 0.6 is 0 Å². The molecule has 0 bridgehead atoms. The number of hydrogen-bond acceptors (Lipinski definition) is 7. The topological polar surface area (TPSA) is 157 Å². The number of esters is 1. The normalized spacial score (nSPS) is 12.2. The van der Waals surface area contributed by atoms with Gasteiger partial charge in [0, 0.05) is 6.42 Å². The van der Waals surface area contributed by atoms with Gasteiger partial charge in [-0.1, -0.05) is 42.5 Å². The highest BCUT2D eigenvalue weighted by atomic mass is 16.6. The molecule has 2 aromatic carbocycles. The molecule has 0 unspecified atom stereocenters. The summed E-state index contributed by atoms with van der Waals surface area (Å²) in [6.07, 6.45) is -0.728. The molecule has 2 atom stereocenters. The van der Waals surface area contributed by atoms with Gasteiger partial charge in [-0.3, -0.25) is 4.79 Å². The van der Waals surface area contributed by atoms with Gasteiger partial charge in [0.1, 0.15) is 24.4 Å². The highest BCUT2D eigenvalue weighted by Crippen LogP contribution is 2.14. The Hall–Kier alpha value is -3.92. The number of carboxylic acid groups (broad SMARTS) is 1. The van der Waals surface area contributed by atoms with Gasteiger partial charge in [0.05, 0.1) is 6.54 Å². The maximum absolute atomic E-state index is 12.2. The molecule has 2 aromatic rings. The maximum atomic E-state index is 12.2. The summed E-state index contributed by atoms with van der Waals surface area (Å²) in [5, 5.41) is 13.9. The minimum Gasteiger partial charge on any atom is -0.480 e. The number of nitrogens with two attached hydrogens (primary N) is 1. The van der Waals surface area contributed by atoms with Gasteiger partial charge in [0.25, 0.3) is 0 Å². The Kier molecular flexibility index (Phi) is 9.18. The van der Waals surface area contributed by atoms with Gasteiger partial charge in [-0.05, 0) is 30.2 Å². The highest BCUT2D eigenvalue weighted by molar-refractivity contribution is 5.85. The lowest BCUT2D eigenvalue weighted by atomic mass is 10.1. The first-order chi connectivity index (χ1) is 15.3. The largest absolute Gasteiger partial charge is 0.480 e. The van der Waals surface area contributed by atoms with Crippen LogP contribution in [-0.4, -0.2) is 47.7 Å². The van der Waals surface area contributed by atoms with Gasteiger partial charge in [-0.15, -0.1) is 0 Å². The summed E-state index contributed by atoms with van der Waals surface area (Å²) in [7, 11) is 0. The van der Waals surface area contributed by atoms with E-state index in [-0.39, 0.29) is 25.3 Å².